The summed E-state index contributed by atoms with van der Waals surface area (Å²) in [6, 6.07) is 18.4. The van der Waals surface area contributed by atoms with Gasteiger partial charge in [-0.2, -0.15) is 0 Å². The van der Waals surface area contributed by atoms with E-state index >= 15 is 0 Å². The lowest BCUT2D eigenvalue weighted by Gasteiger charge is -2.24. The molecule has 0 bridgehead atoms. The molecule has 1 heterocycles. The summed E-state index contributed by atoms with van der Waals surface area (Å²) in [5.74, 6) is -1.21. The molecule has 160 valence electrons. The predicted octanol–water partition coefficient (Wildman–Crippen LogP) is 3.37. The molecule has 0 aliphatic rings. The molecule has 0 fully saturated rings. The second kappa shape index (κ2) is 10.4. The molecule has 0 saturated carbocycles. The summed E-state index contributed by atoms with van der Waals surface area (Å²) in [6.07, 6.45) is 1.65. The van der Waals surface area contributed by atoms with Crippen LogP contribution in [0.25, 0.3) is 0 Å². The Balaban J connectivity index is 1.69. The van der Waals surface area contributed by atoms with Crippen molar-refractivity contribution >= 4 is 35.0 Å². The molecular weight excluding hydrogens is 418 g/mol. The normalized spacial score (nSPS) is 11.4. The Morgan fingerprint density at radius 2 is 1.71 bits per heavy atom. The Kier molecular flexibility index (Phi) is 7.45. The minimum Gasteiger partial charge on any atom is -0.459 e. The zero-order chi connectivity index (χ0) is 22.2. The first-order chi connectivity index (χ1) is 14.9. The third-order valence-electron chi connectivity index (χ3n) is 4.54. The van der Waals surface area contributed by atoms with Crippen molar-refractivity contribution in [1.29, 1.82) is 0 Å². The van der Waals surface area contributed by atoms with Crippen molar-refractivity contribution in [3.8, 4) is 0 Å². The second-order valence-electron chi connectivity index (χ2n) is 6.92. The lowest BCUT2D eigenvalue weighted by Crippen LogP contribution is -2.50. The molecule has 0 radical (unpaired) electrons. The third kappa shape index (κ3) is 6.20. The number of amides is 3. The van der Waals surface area contributed by atoms with Crippen LogP contribution in [0.4, 0.5) is 5.69 Å². The van der Waals surface area contributed by atoms with Crippen LogP contribution in [-0.4, -0.2) is 42.3 Å². The van der Waals surface area contributed by atoms with Crippen molar-refractivity contribution in [2.45, 2.75) is 12.5 Å². The number of carbonyl (C=O) groups is 3. The van der Waals surface area contributed by atoms with Gasteiger partial charge in [0.05, 0.1) is 23.5 Å². The van der Waals surface area contributed by atoms with Gasteiger partial charge in [-0.1, -0.05) is 54.1 Å². The Morgan fingerprint density at radius 3 is 2.39 bits per heavy atom. The number of rotatable bonds is 8. The van der Waals surface area contributed by atoms with Gasteiger partial charge in [-0.25, -0.2) is 0 Å². The fraction of sp³-hybridized carbons (Fsp3) is 0.174. The highest BCUT2D eigenvalue weighted by atomic mass is 35.5. The van der Waals surface area contributed by atoms with Gasteiger partial charge >= 0.3 is 0 Å². The van der Waals surface area contributed by atoms with E-state index in [1.54, 1.807) is 30.3 Å². The van der Waals surface area contributed by atoms with Crippen LogP contribution in [0, 0.1) is 0 Å². The Morgan fingerprint density at radius 1 is 1.00 bits per heavy atom. The summed E-state index contributed by atoms with van der Waals surface area (Å²) < 4.78 is 5.12. The number of halogens is 1. The average molecular weight is 440 g/mol. The average Bonchev–Trinajstić information content (AvgIpc) is 3.30. The van der Waals surface area contributed by atoms with Crippen molar-refractivity contribution in [2.24, 2.45) is 0 Å². The van der Waals surface area contributed by atoms with Crippen LogP contribution in [-0.2, 0) is 16.0 Å². The van der Waals surface area contributed by atoms with Crippen molar-refractivity contribution in [2.75, 3.05) is 18.9 Å². The predicted molar refractivity (Wildman–Crippen MR) is 118 cm³/mol. The number of anilines is 1. The molecule has 2 N–H and O–H groups in total. The monoisotopic (exact) mass is 439 g/mol. The second-order valence-corrected chi connectivity index (χ2v) is 7.32. The van der Waals surface area contributed by atoms with Crippen LogP contribution in [0.5, 0.6) is 0 Å². The minimum atomic E-state index is -0.877. The van der Waals surface area contributed by atoms with E-state index in [0.717, 1.165) is 5.56 Å². The first kappa shape index (κ1) is 22.1. The van der Waals surface area contributed by atoms with Crippen LogP contribution in [0.1, 0.15) is 16.1 Å². The van der Waals surface area contributed by atoms with E-state index in [-0.39, 0.29) is 18.7 Å². The maximum atomic E-state index is 13.1. The van der Waals surface area contributed by atoms with Gasteiger partial charge in [0, 0.05) is 13.5 Å². The molecule has 0 aliphatic carbocycles. The van der Waals surface area contributed by atoms with E-state index in [1.807, 2.05) is 30.3 Å². The lowest BCUT2D eigenvalue weighted by molar-refractivity contribution is -0.135. The number of carbonyl (C=O) groups excluding carboxylic acids is 3. The van der Waals surface area contributed by atoms with Gasteiger partial charge in [0.1, 0.15) is 6.04 Å². The summed E-state index contributed by atoms with van der Waals surface area (Å²) in [4.78, 5) is 39.2. The Hall–Kier alpha value is -3.58. The van der Waals surface area contributed by atoms with Crippen molar-refractivity contribution < 1.29 is 18.8 Å². The van der Waals surface area contributed by atoms with E-state index < -0.39 is 23.8 Å². The number of furan rings is 1. The molecule has 31 heavy (non-hydrogen) atoms. The summed E-state index contributed by atoms with van der Waals surface area (Å²) in [6.45, 7) is -0.202. The van der Waals surface area contributed by atoms with Crippen LogP contribution in [0.15, 0.2) is 77.4 Å². The first-order valence-electron chi connectivity index (χ1n) is 9.61. The number of nitrogens with one attached hydrogen (secondary N) is 2. The van der Waals surface area contributed by atoms with Gasteiger partial charge < -0.3 is 20.0 Å². The van der Waals surface area contributed by atoms with E-state index in [4.69, 9.17) is 16.0 Å². The Labute approximate surface area is 185 Å². The first-order valence-corrected chi connectivity index (χ1v) is 9.99. The highest BCUT2D eigenvalue weighted by Gasteiger charge is 2.27. The highest BCUT2D eigenvalue weighted by Crippen LogP contribution is 2.20. The molecule has 1 aromatic heterocycles. The van der Waals surface area contributed by atoms with Crippen molar-refractivity contribution in [3.05, 3.63) is 89.3 Å². The standard InChI is InChI=1S/C23H22ClN3O4/c1-27(15-21(28)25-18-11-6-5-10-17(18)24)23(30)19(14-16-8-3-2-4-9-16)26-22(29)20-12-7-13-31-20/h2-13,19H,14-15H2,1H3,(H,25,28)(H,26,29)/t19-/m1/s1. The molecule has 0 saturated heterocycles. The van der Waals surface area contributed by atoms with Gasteiger partial charge in [0.2, 0.25) is 11.8 Å². The molecule has 0 spiro atoms. The molecule has 3 aromatic rings. The number of nitrogens with zero attached hydrogens (tertiary/aromatic N) is 1. The Bertz CT molecular complexity index is 1040. The SMILES string of the molecule is CN(CC(=O)Nc1ccccc1Cl)C(=O)[C@@H](Cc1ccccc1)NC(=O)c1ccco1. The highest BCUT2D eigenvalue weighted by molar-refractivity contribution is 6.33. The number of para-hydroxylation sites is 1. The van der Waals surface area contributed by atoms with Crippen LogP contribution >= 0.6 is 11.6 Å². The molecule has 3 rings (SSSR count). The van der Waals surface area contributed by atoms with Crippen LogP contribution in [0.3, 0.4) is 0 Å². The minimum absolute atomic E-state index is 0.102. The van der Waals surface area contributed by atoms with Crippen molar-refractivity contribution in [3.63, 3.8) is 0 Å². The summed E-state index contributed by atoms with van der Waals surface area (Å²) >= 11 is 6.06. The maximum absolute atomic E-state index is 13.1. The van der Waals surface area contributed by atoms with Gasteiger partial charge in [-0.3, -0.25) is 14.4 Å². The van der Waals surface area contributed by atoms with E-state index in [2.05, 4.69) is 10.6 Å². The zero-order valence-corrected chi connectivity index (χ0v) is 17.6. The van der Waals surface area contributed by atoms with Gasteiger partial charge in [0.25, 0.3) is 5.91 Å². The number of likely N-dealkylation sites (N-methyl/N-ethyl adjacent to an activating group) is 1. The van der Waals surface area contributed by atoms with Gasteiger partial charge in [0.15, 0.2) is 5.76 Å². The molecule has 1 atom stereocenters. The lowest BCUT2D eigenvalue weighted by atomic mass is 10.0. The molecular formula is C23H22ClN3O4. The van der Waals surface area contributed by atoms with Crippen LogP contribution < -0.4 is 10.6 Å². The number of benzene rings is 2. The summed E-state index contributed by atoms with van der Waals surface area (Å²) in [5.41, 5.74) is 1.33. The third-order valence-corrected chi connectivity index (χ3v) is 4.87. The zero-order valence-electron chi connectivity index (χ0n) is 16.9. The fourth-order valence-corrected chi connectivity index (χ4v) is 3.18. The quantitative estimate of drug-likeness (QED) is 0.563. The summed E-state index contributed by atoms with van der Waals surface area (Å²) in [7, 11) is 1.51. The van der Waals surface area contributed by atoms with E-state index in [1.165, 1.54) is 24.3 Å². The largest absolute Gasteiger partial charge is 0.459 e. The maximum Gasteiger partial charge on any atom is 0.287 e. The van der Waals surface area contributed by atoms with Gasteiger partial charge in [-0.15, -0.1) is 0 Å². The van der Waals surface area contributed by atoms with Gasteiger partial charge in [-0.05, 0) is 29.8 Å². The molecule has 0 aliphatic heterocycles. The van der Waals surface area contributed by atoms with E-state index in [9.17, 15) is 14.4 Å². The van der Waals surface area contributed by atoms with Crippen LogP contribution in [0.2, 0.25) is 5.02 Å². The number of hydrogen-bond acceptors (Lipinski definition) is 4. The fourth-order valence-electron chi connectivity index (χ4n) is 3.00. The molecule has 8 heteroatoms. The molecule has 3 amide bonds. The molecule has 7 nitrogen and oxygen atoms in total. The summed E-state index contributed by atoms with van der Waals surface area (Å²) in [5, 5.41) is 5.79. The molecule has 0 unspecified atom stereocenters. The smallest absolute Gasteiger partial charge is 0.287 e. The van der Waals surface area contributed by atoms with Crippen molar-refractivity contribution in [1.82, 2.24) is 10.2 Å². The molecule has 2 aromatic carbocycles. The number of hydrogen-bond donors (Lipinski definition) is 2. The topological polar surface area (TPSA) is 91.7 Å². The van der Waals surface area contributed by atoms with E-state index in [0.29, 0.717) is 10.7 Å².